The van der Waals surface area contributed by atoms with E-state index in [0.717, 1.165) is 37.3 Å². The second-order valence-corrected chi connectivity index (χ2v) is 7.03. The average Bonchev–Trinajstić information content (AvgIpc) is 3.40. The van der Waals surface area contributed by atoms with Crippen molar-refractivity contribution in [2.75, 3.05) is 30.1 Å². The standard InChI is InChI=1S/C20H21FN6O2.ClH/c21-13-3-6-15(7-4-13)27-19(23-14-5-8-16-17(11-14)29-12-28-16)24-18(22)25-20(27)26-9-1-2-10-26;/h3-8,11,19,23H,1-2,9-10,12H2,(H2,22,24);1H. The van der Waals surface area contributed by atoms with Crippen molar-refractivity contribution in [1.29, 1.82) is 0 Å². The molecule has 0 aliphatic carbocycles. The van der Waals surface area contributed by atoms with Crippen LogP contribution in [-0.4, -0.2) is 43.0 Å². The summed E-state index contributed by atoms with van der Waals surface area (Å²) in [6.45, 7) is 1.99. The maximum absolute atomic E-state index is 13.5. The van der Waals surface area contributed by atoms with Crippen LogP contribution in [0.1, 0.15) is 12.8 Å². The largest absolute Gasteiger partial charge is 0.454 e. The van der Waals surface area contributed by atoms with E-state index in [1.54, 1.807) is 12.1 Å². The number of benzene rings is 2. The zero-order chi connectivity index (χ0) is 19.8. The Balaban J connectivity index is 0.00000218. The minimum atomic E-state index is -0.547. The van der Waals surface area contributed by atoms with Crippen LogP contribution in [-0.2, 0) is 0 Å². The molecule has 2 aromatic rings. The Hall–Kier alpha value is -3.20. The minimum Gasteiger partial charge on any atom is -0.454 e. The number of guanidine groups is 2. The molecule has 3 heterocycles. The molecular weight excluding hydrogens is 411 g/mol. The number of ether oxygens (including phenoxy) is 2. The molecule has 8 nitrogen and oxygen atoms in total. The molecule has 3 aliphatic rings. The van der Waals surface area contributed by atoms with Crippen LogP contribution in [0.3, 0.4) is 0 Å². The predicted octanol–water partition coefficient (Wildman–Crippen LogP) is 2.96. The number of halogens is 2. The topological polar surface area (TPSA) is 87.7 Å². The summed E-state index contributed by atoms with van der Waals surface area (Å²) in [4.78, 5) is 13.1. The van der Waals surface area contributed by atoms with Gasteiger partial charge < -0.3 is 25.4 Å². The number of likely N-dealkylation sites (tertiary alicyclic amines) is 1. The van der Waals surface area contributed by atoms with E-state index in [0.29, 0.717) is 17.5 Å². The fourth-order valence-electron chi connectivity index (χ4n) is 3.71. The first-order chi connectivity index (χ1) is 14.2. The van der Waals surface area contributed by atoms with Crippen LogP contribution in [0.4, 0.5) is 15.8 Å². The normalized spacial score (nSPS) is 19.8. The summed E-state index contributed by atoms with van der Waals surface area (Å²) in [5, 5.41) is 3.38. The highest BCUT2D eigenvalue weighted by Gasteiger charge is 2.32. The number of nitrogens with zero attached hydrogens (tertiary/aromatic N) is 4. The molecule has 1 atom stereocenters. The Bertz CT molecular complexity index is 978. The first-order valence-corrected chi connectivity index (χ1v) is 9.55. The Labute approximate surface area is 179 Å². The summed E-state index contributed by atoms with van der Waals surface area (Å²) >= 11 is 0. The Morgan fingerprint density at radius 2 is 1.77 bits per heavy atom. The van der Waals surface area contributed by atoms with Gasteiger partial charge in [-0.3, -0.25) is 4.90 Å². The lowest BCUT2D eigenvalue weighted by Gasteiger charge is -2.38. The first kappa shape index (κ1) is 20.1. The first-order valence-electron chi connectivity index (χ1n) is 9.55. The number of nitrogens with one attached hydrogen (secondary N) is 1. The number of hydrogen-bond donors (Lipinski definition) is 2. The fraction of sp³-hybridized carbons (Fsp3) is 0.300. The van der Waals surface area contributed by atoms with Gasteiger partial charge in [-0.2, -0.15) is 4.99 Å². The summed E-state index contributed by atoms with van der Waals surface area (Å²) in [5.41, 5.74) is 7.62. The smallest absolute Gasteiger partial charge is 0.231 e. The molecule has 3 aliphatic heterocycles. The van der Waals surface area contributed by atoms with E-state index in [2.05, 4.69) is 20.2 Å². The van der Waals surface area contributed by atoms with Crippen molar-refractivity contribution >= 4 is 35.7 Å². The molecule has 0 spiro atoms. The van der Waals surface area contributed by atoms with Crippen LogP contribution >= 0.6 is 12.4 Å². The van der Waals surface area contributed by atoms with Gasteiger partial charge in [0, 0.05) is 30.5 Å². The molecule has 0 aromatic heterocycles. The van der Waals surface area contributed by atoms with Gasteiger partial charge in [-0.25, -0.2) is 9.38 Å². The molecule has 0 radical (unpaired) electrons. The molecule has 2 aromatic carbocycles. The number of rotatable bonds is 3. The summed E-state index contributed by atoms with van der Waals surface area (Å²) < 4.78 is 24.4. The van der Waals surface area contributed by atoms with Crippen molar-refractivity contribution in [3.05, 3.63) is 48.3 Å². The van der Waals surface area contributed by atoms with E-state index in [1.165, 1.54) is 12.1 Å². The van der Waals surface area contributed by atoms with Crippen LogP contribution in [0.15, 0.2) is 52.4 Å². The van der Waals surface area contributed by atoms with Gasteiger partial charge in [0.25, 0.3) is 0 Å². The van der Waals surface area contributed by atoms with Crippen molar-refractivity contribution in [3.8, 4) is 11.5 Å². The van der Waals surface area contributed by atoms with E-state index in [4.69, 9.17) is 15.2 Å². The minimum absolute atomic E-state index is 0. The summed E-state index contributed by atoms with van der Waals surface area (Å²) in [6, 6.07) is 11.9. The van der Waals surface area contributed by atoms with Gasteiger partial charge >= 0.3 is 0 Å². The maximum atomic E-state index is 13.5. The molecule has 1 unspecified atom stereocenters. The van der Waals surface area contributed by atoms with E-state index in [1.807, 2.05) is 23.1 Å². The number of hydrogen-bond acceptors (Lipinski definition) is 8. The molecule has 1 saturated heterocycles. The highest BCUT2D eigenvalue weighted by Crippen LogP contribution is 2.35. The van der Waals surface area contributed by atoms with Crippen LogP contribution in [0, 0.1) is 5.82 Å². The van der Waals surface area contributed by atoms with E-state index < -0.39 is 6.29 Å². The van der Waals surface area contributed by atoms with Gasteiger partial charge in [-0.1, -0.05) is 0 Å². The number of aliphatic imine (C=N–C) groups is 2. The second kappa shape index (κ2) is 8.27. The third-order valence-electron chi connectivity index (χ3n) is 5.09. The third-order valence-corrected chi connectivity index (χ3v) is 5.09. The van der Waals surface area contributed by atoms with Gasteiger partial charge in [-0.15, -0.1) is 12.4 Å². The lowest BCUT2D eigenvalue weighted by molar-refractivity contribution is 0.174. The quantitative estimate of drug-likeness (QED) is 0.775. The maximum Gasteiger partial charge on any atom is 0.231 e. The van der Waals surface area contributed by atoms with Gasteiger partial charge in [-0.05, 0) is 49.2 Å². The molecule has 0 amide bonds. The zero-order valence-corrected chi connectivity index (χ0v) is 16.9. The Morgan fingerprint density at radius 1 is 1.03 bits per heavy atom. The van der Waals surface area contributed by atoms with Crippen molar-refractivity contribution in [3.63, 3.8) is 0 Å². The Kier molecular flexibility index (Phi) is 5.54. The average molecular weight is 433 g/mol. The molecule has 5 rings (SSSR count). The SMILES string of the molecule is Cl.NC1=NC(Nc2ccc3c(c2)OCO3)N(c2ccc(F)cc2)C(N2CCCC2)=N1. The van der Waals surface area contributed by atoms with Crippen LogP contribution in [0.5, 0.6) is 11.5 Å². The monoisotopic (exact) mass is 432 g/mol. The molecule has 1 fully saturated rings. The summed E-state index contributed by atoms with van der Waals surface area (Å²) in [5.74, 6) is 1.98. The molecular formula is C20H22ClFN6O2. The summed E-state index contributed by atoms with van der Waals surface area (Å²) in [7, 11) is 0. The van der Waals surface area contributed by atoms with Gasteiger partial charge in [0.15, 0.2) is 11.5 Å². The van der Waals surface area contributed by atoms with E-state index >= 15 is 0 Å². The van der Waals surface area contributed by atoms with E-state index in [-0.39, 0.29) is 31.0 Å². The van der Waals surface area contributed by atoms with Crippen LogP contribution in [0.25, 0.3) is 0 Å². The molecule has 3 N–H and O–H groups in total. The molecule has 30 heavy (non-hydrogen) atoms. The summed E-state index contributed by atoms with van der Waals surface area (Å²) in [6.07, 6.45) is 1.63. The molecule has 0 bridgehead atoms. The number of fused-ring (bicyclic) bond motifs is 1. The molecule has 10 heteroatoms. The van der Waals surface area contributed by atoms with Gasteiger partial charge in [0.05, 0.1) is 0 Å². The van der Waals surface area contributed by atoms with Crippen molar-refractivity contribution in [2.45, 2.75) is 19.1 Å². The molecule has 0 saturated carbocycles. The van der Waals surface area contributed by atoms with Crippen LogP contribution in [0.2, 0.25) is 0 Å². The number of nitrogens with two attached hydrogens (primary N) is 1. The third kappa shape index (κ3) is 3.80. The van der Waals surface area contributed by atoms with Gasteiger partial charge in [0.1, 0.15) is 5.82 Å². The Morgan fingerprint density at radius 3 is 2.53 bits per heavy atom. The highest BCUT2D eigenvalue weighted by atomic mass is 35.5. The number of anilines is 2. The fourth-order valence-corrected chi connectivity index (χ4v) is 3.71. The van der Waals surface area contributed by atoms with Crippen LogP contribution < -0.4 is 25.4 Å². The lowest BCUT2D eigenvalue weighted by Crippen LogP contribution is -2.54. The zero-order valence-electron chi connectivity index (χ0n) is 16.1. The highest BCUT2D eigenvalue weighted by molar-refractivity contribution is 6.06. The second-order valence-electron chi connectivity index (χ2n) is 7.03. The van der Waals surface area contributed by atoms with Crippen molar-refractivity contribution < 1.29 is 13.9 Å². The van der Waals surface area contributed by atoms with Gasteiger partial charge in [0.2, 0.25) is 25.0 Å². The lowest BCUT2D eigenvalue weighted by atomic mass is 10.2. The predicted molar refractivity (Wildman–Crippen MR) is 116 cm³/mol. The van der Waals surface area contributed by atoms with Crippen molar-refractivity contribution in [2.24, 2.45) is 15.7 Å². The van der Waals surface area contributed by atoms with Crippen molar-refractivity contribution in [1.82, 2.24) is 4.90 Å². The molecule has 158 valence electrons. The van der Waals surface area contributed by atoms with E-state index in [9.17, 15) is 4.39 Å².